The second-order valence-corrected chi connectivity index (χ2v) is 4.75. The third-order valence-corrected chi connectivity index (χ3v) is 2.83. The summed E-state index contributed by atoms with van der Waals surface area (Å²) in [5.74, 6) is -1.75. The van der Waals surface area contributed by atoms with Crippen LogP contribution in [0, 0.1) is 25.5 Å². The Kier molecular flexibility index (Phi) is 3.74. The number of Topliss-reactive ketones (excluding diaryl/α,β-unsaturated/α-hetero) is 1. The number of hydrogen-bond acceptors (Lipinski definition) is 1. The number of rotatable bonds is 3. The summed E-state index contributed by atoms with van der Waals surface area (Å²) >= 11 is 0. The molecule has 0 fully saturated rings. The van der Waals surface area contributed by atoms with Gasteiger partial charge in [0, 0.05) is 18.1 Å². The molecule has 0 aliphatic heterocycles. The molecule has 2 rings (SSSR count). The Balaban J connectivity index is 2.25. The zero-order chi connectivity index (χ0) is 14.0. The van der Waals surface area contributed by atoms with Crippen LogP contribution in [0.15, 0.2) is 36.4 Å². The molecule has 0 N–H and O–H groups in total. The molecule has 0 spiro atoms. The maximum Gasteiger partial charge on any atom is 0.167 e. The third kappa shape index (κ3) is 3.47. The van der Waals surface area contributed by atoms with E-state index in [9.17, 15) is 13.6 Å². The van der Waals surface area contributed by atoms with Gasteiger partial charge in [-0.3, -0.25) is 4.79 Å². The summed E-state index contributed by atoms with van der Waals surface area (Å²) in [4.78, 5) is 12.0. The molecule has 0 radical (unpaired) electrons. The molecule has 0 unspecified atom stereocenters. The molecule has 2 aromatic carbocycles. The predicted molar refractivity (Wildman–Crippen MR) is 70.3 cm³/mol. The molecule has 0 bridgehead atoms. The lowest BCUT2D eigenvalue weighted by Gasteiger charge is -2.05. The first-order valence-corrected chi connectivity index (χ1v) is 6.00. The summed E-state index contributed by atoms with van der Waals surface area (Å²) in [6.07, 6.45) is 0.144. The molecule has 0 saturated carbocycles. The Hall–Kier alpha value is -2.03. The van der Waals surface area contributed by atoms with Crippen LogP contribution in [-0.2, 0) is 6.42 Å². The third-order valence-electron chi connectivity index (χ3n) is 2.83. The van der Waals surface area contributed by atoms with E-state index in [1.807, 2.05) is 32.0 Å². The van der Waals surface area contributed by atoms with Gasteiger partial charge in [-0.1, -0.05) is 29.3 Å². The van der Waals surface area contributed by atoms with Crippen LogP contribution >= 0.6 is 0 Å². The Bertz CT molecular complexity index is 592. The standard InChI is InChI=1S/C16H14F2O/c1-10-3-11(2)5-12(4-10)6-16(19)13-7-14(17)9-15(18)8-13/h3-5,7-9H,6H2,1-2H3. The Morgan fingerprint density at radius 3 is 1.95 bits per heavy atom. The van der Waals surface area contributed by atoms with Crippen molar-refractivity contribution >= 4 is 5.78 Å². The van der Waals surface area contributed by atoms with Crippen molar-refractivity contribution in [3.8, 4) is 0 Å². The van der Waals surface area contributed by atoms with Gasteiger partial charge < -0.3 is 0 Å². The highest BCUT2D eigenvalue weighted by Gasteiger charge is 2.10. The van der Waals surface area contributed by atoms with Gasteiger partial charge in [0.1, 0.15) is 11.6 Å². The van der Waals surface area contributed by atoms with E-state index in [4.69, 9.17) is 0 Å². The van der Waals surface area contributed by atoms with E-state index in [0.717, 1.165) is 34.9 Å². The SMILES string of the molecule is Cc1cc(C)cc(CC(=O)c2cc(F)cc(F)c2)c1. The Labute approximate surface area is 110 Å². The second-order valence-electron chi connectivity index (χ2n) is 4.75. The molecule has 2 aromatic rings. The van der Waals surface area contributed by atoms with Crippen LogP contribution in [0.2, 0.25) is 0 Å². The predicted octanol–water partition coefficient (Wildman–Crippen LogP) is 4.01. The van der Waals surface area contributed by atoms with Gasteiger partial charge in [0.05, 0.1) is 0 Å². The van der Waals surface area contributed by atoms with Crippen molar-refractivity contribution in [2.75, 3.05) is 0 Å². The van der Waals surface area contributed by atoms with Crippen molar-refractivity contribution in [1.29, 1.82) is 0 Å². The van der Waals surface area contributed by atoms with Gasteiger partial charge in [0.15, 0.2) is 5.78 Å². The minimum atomic E-state index is -0.733. The lowest BCUT2D eigenvalue weighted by atomic mass is 9.99. The summed E-state index contributed by atoms with van der Waals surface area (Å²) in [6, 6.07) is 8.70. The summed E-state index contributed by atoms with van der Waals surface area (Å²) in [6.45, 7) is 3.89. The van der Waals surface area contributed by atoms with E-state index < -0.39 is 11.6 Å². The molecule has 0 saturated heterocycles. The second kappa shape index (κ2) is 5.31. The Morgan fingerprint density at radius 1 is 0.895 bits per heavy atom. The maximum atomic E-state index is 13.1. The minimum Gasteiger partial charge on any atom is -0.294 e. The number of carbonyl (C=O) groups is 1. The van der Waals surface area contributed by atoms with Crippen molar-refractivity contribution in [3.63, 3.8) is 0 Å². The fourth-order valence-electron chi connectivity index (χ4n) is 2.17. The first-order valence-electron chi connectivity index (χ1n) is 6.00. The lowest BCUT2D eigenvalue weighted by Crippen LogP contribution is -2.05. The number of ketones is 1. The van der Waals surface area contributed by atoms with Crippen LogP contribution in [0.1, 0.15) is 27.0 Å². The number of benzene rings is 2. The summed E-state index contributed by atoms with van der Waals surface area (Å²) in [5, 5.41) is 0. The van der Waals surface area contributed by atoms with Crippen LogP contribution in [0.3, 0.4) is 0 Å². The van der Waals surface area contributed by atoms with Gasteiger partial charge in [0.25, 0.3) is 0 Å². The smallest absolute Gasteiger partial charge is 0.167 e. The zero-order valence-corrected chi connectivity index (χ0v) is 10.8. The minimum absolute atomic E-state index is 0.0664. The number of aryl methyl sites for hydroxylation is 2. The first-order chi connectivity index (χ1) is 8.94. The molecule has 0 aromatic heterocycles. The first kappa shape index (κ1) is 13.4. The van der Waals surface area contributed by atoms with Gasteiger partial charge in [-0.2, -0.15) is 0 Å². The molecule has 0 aliphatic rings. The number of carbonyl (C=O) groups excluding carboxylic acids is 1. The molecule has 0 heterocycles. The summed E-state index contributed by atoms with van der Waals surface area (Å²) < 4.78 is 26.1. The van der Waals surface area contributed by atoms with Crippen molar-refractivity contribution in [2.45, 2.75) is 20.3 Å². The number of halogens is 2. The molecule has 3 heteroatoms. The molecule has 19 heavy (non-hydrogen) atoms. The summed E-state index contributed by atoms with van der Waals surface area (Å²) in [5.41, 5.74) is 3.05. The van der Waals surface area contributed by atoms with Gasteiger partial charge >= 0.3 is 0 Å². The quantitative estimate of drug-likeness (QED) is 0.762. The highest BCUT2D eigenvalue weighted by Crippen LogP contribution is 2.14. The fraction of sp³-hybridized carbons (Fsp3) is 0.188. The van der Waals surface area contributed by atoms with Crippen molar-refractivity contribution in [3.05, 3.63) is 70.3 Å². The molecule has 0 atom stereocenters. The molecular weight excluding hydrogens is 246 g/mol. The highest BCUT2D eigenvalue weighted by molar-refractivity contribution is 5.97. The average Bonchev–Trinajstić information content (AvgIpc) is 2.25. The molecule has 98 valence electrons. The van der Waals surface area contributed by atoms with E-state index in [-0.39, 0.29) is 17.8 Å². The number of hydrogen-bond donors (Lipinski definition) is 0. The van der Waals surface area contributed by atoms with Crippen LogP contribution in [-0.4, -0.2) is 5.78 Å². The normalized spacial score (nSPS) is 10.5. The monoisotopic (exact) mass is 260 g/mol. The largest absolute Gasteiger partial charge is 0.294 e. The lowest BCUT2D eigenvalue weighted by molar-refractivity contribution is 0.0992. The highest BCUT2D eigenvalue weighted by atomic mass is 19.1. The van der Waals surface area contributed by atoms with Gasteiger partial charge in [-0.05, 0) is 31.5 Å². The molecular formula is C16H14F2O. The maximum absolute atomic E-state index is 13.1. The van der Waals surface area contributed by atoms with Crippen LogP contribution in [0.4, 0.5) is 8.78 Å². The van der Waals surface area contributed by atoms with Crippen LogP contribution in [0.5, 0.6) is 0 Å². The fourth-order valence-corrected chi connectivity index (χ4v) is 2.17. The van der Waals surface area contributed by atoms with Crippen LogP contribution in [0.25, 0.3) is 0 Å². The van der Waals surface area contributed by atoms with E-state index in [2.05, 4.69) is 0 Å². The van der Waals surface area contributed by atoms with Crippen molar-refractivity contribution in [1.82, 2.24) is 0 Å². The van der Waals surface area contributed by atoms with E-state index in [1.54, 1.807) is 0 Å². The van der Waals surface area contributed by atoms with Gasteiger partial charge in [-0.25, -0.2) is 8.78 Å². The van der Waals surface area contributed by atoms with E-state index in [1.165, 1.54) is 0 Å². The van der Waals surface area contributed by atoms with Crippen molar-refractivity contribution in [2.24, 2.45) is 0 Å². The van der Waals surface area contributed by atoms with Gasteiger partial charge in [0.2, 0.25) is 0 Å². The molecule has 0 amide bonds. The molecule has 0 aliphatic carbocycles. The average molecular weight is 260 g/mol. The van der Waals surface area contributed by atoms with Gasteiger partial charge in [-0.15, -0.1) is 0 Å². The van der Waals surface area contributed by atoms with Crippen LogP contribution < -0.4 is 0 Å². The topological polar surface area (TPSA) is 17.1 Å². The van der Waals surface area contributed by atoms with E-state index >= 15 is 0 Å². The van der Waals surface area contributed by atoms with Crippen molar-refractivity contribution < 1.29 is 13.6 Å². The zero-order valence-electron chi connectivity index (χ0n) is 10.8. The summed E-state index contributed by atoms with van der Waals surface area (Å²) in [7, 11) is 0. The van der Waals surface area contributed by atoms with E-state index in [0.29, 0.717) is 0 Å². The Morgan fingerprint density at radius 2 is 1.42 bits per heavy atom. The molecule has 1 nitrogen and oxygen atoms in total.